The van der Waals surface area contributed by atoms with Crippen molar-refractivity contribution < 1.29 is 19.3 Å². The van der Waals surface area contributed by atoms with Gasteiger partial charge in [-0.3, -0.25) is 9.68 Å². The number of amides is 2. The number of hydrogen-bond acceptors (Lipinski definition) is 7. The van der Waals surface area contributed by atoms with Crippen LogP contribution in [0.4, 0.5) is 4.79 Å². The van der Waals surface area contributed by atoms with E-state index in [9.17, 15) is 4.79 Å². The number of carbonyl (C=O) groups excluding carboxylic acids is 1. The molecular weight excluding hydrogens is 182 g/mol. The highest BCUT2D eigenvalue weighted by Crippen LogP contribution is 2.21. The number of nitrogens with zero attached hydrogens (tertiary/aromatic N) is 4. The largest absolute Gasteiger partial charge is 0.421 e. The Labute approximate surface area is 70.1 Å². The van der Waals surface area contributed by atoms with Crippen molar-refractivity contribution in [2.24, 2.45) is 0 Å². The summed E-state index contributed by atoms with van der Waals surface area (Å²) in [4.78, 5) is 36.1. The molecule has 1 aromatic heterocycles. The van der Waals surface area contributed by atoms with Crippen molar-refractivity contribution in [1.29, 1.82) is 0 Å². The van der Waals surface area contributed by atoms with Crippen LogP contribution in [0.3, 0.4) is 0 Å². The minimum atomic E-state index is -0.729. The van der Waals surface area contributed by atoms with E-state index in [1.54, 1.807) is 0 Å². The number of fused-ring (bicyclic) bond motifs is 2. The Morgan fingerprint density at radius 1 is 1.08 bits per heavy atom. The zero-order chi connectivity index (χ0) is 8.84. The van der Waals surface area contributed by atoms with Crippen LogP contribution >= 0.6 is 0 Å². The summed E-state index contributed by atoms with van der Waals surface area (Å²) in [5.74, 6) is 0. The average molecular weight is 183 g/mol. The molecule has 0 atom stereocenters. The smallest absolute Gasteiger partial charge is 0.335 e. The molecule has 2 amide bonds. The van der Waals surface area contributed by atoms with Gasteiger partial charge in [-0.15, -0.1) is 15.0 Å². The standard InChI is InChI=1S/C4HN5O4/c10-4-8-11-1-5-2-7-3(6-1)13-9(4)12-2/h(H,8,10). The highest BCUT2D eigenvalue weighted by atomic mass is 17.0. The summed E-state index contributed by atoms with van der Waals surface area (Å²) in [5, 5.41) is 0.528. The van der Waals surface area contributed by atoms with E-state index in [0.29, 0.717) is 5.23 Å². The highest BCUT2D eigenvalue weighted by molar-refractivity contribution is 5.71. The first kappa shape index (κ1) is 6.22. The fraction of sp³-hybridized carbons (Fsp3) is 0. The van der Waals surface area contributed by atoms with Crippen LogP contribution in [0.25, 0.3) is 0 Å². The number of rotatable bonds is 0. The molecule has 1 aromatic rings. The number of carbonyl (C=O) groups is 1. The second-order valence-corrected chi connectivity index (χ2v) is 2.13. The lowest BCUT2D eigenvalue weighted by molar-refractivity contribution is -0.238. The number of aromatic nitrogens is 3. The first-order valence-electron chi connectivity index (χ1n) is 3.20. The van der Waals surface area contributed by atoms with E-state index in [-0.39, 0.29) is 18.0 Å². The molecule has 4 bridgehead atoms. The Morgan fingerprint density at radius 3 is 2.38 bits per heavy atom. The van der Waals surface area contributed by atoms with Crippen molar-refractivity contribution in [1.82, 2.24) is 25.7 Å². The Morgan fingerprint density at radius 2 is 1.69 bits per heavy atom. The molecule has 3 aliphatic heterocycles. The second kappa shape index (κ2) is 1.88. The molecule has 0 aliphatic carbocycles. The van der Waals surface area contributed by atoms with Crippen LogP contribution in [0, 0.1) is 0 Å². The number of hydrogen-bond donors (Lipinski definition) is 1. The lowest BCUT2D eigenvalue weighted by atomic mass is 10.9. The molecule has 66 valence electrons. The van der Waals surface area contributed by atoms with Gasteiger partial charge in [-0.1, -0.05) is 0 Å². The average Bonchev–Trinajstić information content (AvgIpc) is 2.11. The van der Waals surface area contributed by atoms with Gasteiger partial charge in [0.15, 0.2) is 0 Å². The van der Waals surface area contributed by atoms with Crippen molar-refractivity contribution >= 4 is 6.03 Å². The Kier molecular flexibility index (Phi) is 0.902. The van der Waals surface area contributed by atoms with Gasteiger partial charge in [0.1, 0.15) is 0 Å². The maximum absolute atomic E-state index is 11.0. The van der Waals surface area contributed by atoms with Crippen molar-refractivity contribution in [2.45, 2.75) is 0 Å². The lowest BCUT2D eigenvalue weighted by Crippen LogP contribution is -2.49. The van der Waals surface area contributed by atoms with E-state index in [0.717, 1.165) is 0 Å². The monoisotopic (exact) mass is 183 g/mol. The van der Waals surface area contributed by atoms with Crippen LogP contribution in [0.5, 0.6) is 18.0 Å². The molecule has 0 aromatic carbocycles. The number of urea groups is 1. The van der Waals surface area contributed by atoms with E-state index in [1.165, 1.54) is 0 Å². The van der Waals surface area contributed by atoms with Gasteiger partial charge in [-0.05, 0) is 0 Å². The fourth-order valence-corrected chi connectivity index (χ4v) is 0.824. The molecule has 0 unspecified atom stereocenters. The molecule has 13 heavy (non-hydrogen) atoms. The molecule has 4 heterocycles. The summed E-state index contributed by atoms with van der Waals surface area (Å²) in [7, 11) is 0. The topological polar surface area (TPSA) is 98.7 Å². The third kappa shape index (κ3) is 0.802. The molecule has 0 saturated carbocycles. The van der Waals surface area contributed by atoms with Gasteiger partial charge in [0.05, 0.1) is 0 Å². The van der Waals surface area contributed by atoms with Gasteiger partial charge in [0.25, 0.3) is 0 Å². The normalized spacial score (nSPS) is 16.6. The Bertz CT molecular complexity index is 368. The minimum Gasteiger partial charge on any atom is -0.335 e. The third-order valence-corrected chi connectivity index (χ3v) is 1.30. The molecular formula is C4HN5O4. The number of hydroxylamine groups is 3. The maximum atomic E-state index is 11.0. The quantitative estimate of drug-likeness (QED) is 0.538. The van der Waals surface area contributed by atoms with Gasteiger partial charge in [-0.2, -0.15) is 5.48 Å². The summed E-state index contributed by atoms with van der Waals surface area (Å²) in [6.07, 6.45) is 0. The molecule has 0 fully saturated rings. The van der Waals surface area contributed by atoms with Crippen molar-refractivity contribution in [3.05, 3.63) is 0 Å². The Balaban J connectivity index is 2.18. The maximum Gasteiger partial charge on any atom is 0.421 e. The van der Waals surface area contributed by atoms with Crippen LogP contribution in [-0.4, -0.2) is 26.2 Å². The summed E-state index contributed by atoms with van der Waals surface area (Å²) in [5.41, 5.74) is 1.97. The second-order valence-electron chi connectivity index (χ2n) is 2.13. The first-order chi connectivity index (χ1) is 6.31. The van der Waals surface area contributed by atoms with Crippen molar-refractivity contribution in [2.75, 3.05) is 0 Å². The summed E-state index contributed by atoms with van der Waals surface area (Å²) >= 11 is 0. The predicted molar refractivity (Wildman–Crippen MR) is 32.1 cm³/mol. The third-order valence-electron chi connectivity index (χ3n) is 1.30. The fourth-order valence-electron chi connectivity index (χ4n) is 0.824. The minimum absolute atomic E-state index is 0.0545. The van der Waals surface area contributed by atoms with Gasteiger partial charge >= 0.3 is 24.1 Å². The van der Waals surface area contributed by atoms with Gasteiger partial charge < -0.3 is 4.84 Å². The number of nitrogens with one attached hydrogen (secondary N) is 1. The first-order valence-corrected chi connectivity index (χ1v) is 3.20. The summed E-state index contributed by atoms with van der Waals surface area (Å²) in [6, 6.07) is -0.929. The summed E-state index contributed by atoms with van der Waals surface area (Å²) in [6.45, 7) is 0. The SMILES string of the molecule is O=C1NOc2nc3nc(n2)ON1O3. The predicted octanol–water partition coefficient (Wildman–Crippen LogP) is -1.21. The molecule has 0 saturated heterocycles. The van der Waals surface area contributed by atoms with Crippen molar-refractivity contribution in [3.8, 4) is 18.0 Å². The Hall–Kier alpha value is -2.32. The van der Waals surface area contributed by atoms with Crippen LogP contribution < -0.4 is 20.0 Å². The summed E-state index contributed by atoms with van der Waals surface area (Å²) < 4.78 is 0. The zero-order valence-corrected chi connectivity index (χ0v) is 5.92. The van der Waals surface area contributed by atoms with E-state index < -0.39 is 6.03 Å². The van der Waals surface area contributed by atoms with Crippen LogP contribution in [0.15, 0.2) is 0 Å². The zero-order valence-electron chi connectivity index (χ0n) is 5.92. The van der Waals surface area contributed by atoms with Crippen LogP contribution in [0.2, 0.25) is 0 Å². The molecule has 0 spiro atoms. The van der Waals surface area contributed by atoms with Crippen LogP contribution in [-0.2, 0) is 0 Å². The molecule has 1 N–H and O–H groups in total. The van der Waals surface area contributed by atoms with Crippen LogP contribution in [0.1, 0.15) is 0 Å². The van der Waals surface area contributed by atoms with Crippen molar-refractivity contribution in [3.63, 3.8) is 0 Å². The van der Waals surface area contributed by atoms with Gasteiger partial charge in [0, 0.05) is 5.23 Å². The van der Waals surface area contributed by atoms with E-state index in [4.69, 9.17) is 9.68 Å². The van der Waals surface area contributed by atoms with Gasteiger partial charge in [-0.25, -0.2) is 4.79 Å². The molecule has 0 radical (unpaired) electrons. The molecule has 9 heteroatoms. The molecule has 4 rings (SSSR count). The molecule has 3 aliphatic rings. The van der Waals surface area contributed by atoms with E-state index in [1.807, 2.05) is 5.48 Å². The highest BCUT2D eigenvalue weighted by Gasteiger charge is 2.31. The van der Waals surface area contributed by atoms with Gasteiger partial charge in [0.2, 0.25) is 0 Å². The van der Waals surface area contributed by atoms with E-state index in [2.05, 4.69) is 19.8 Å². The molecule has 9 nitrogen and oxygen atoms in total. The van der Waals surface area contributed by atoms with E-state index >= 15 is 0 Å². The lowest BCUT2D eigenvalue weighted by Gasteiger charge is -2.24.